The molecule has 1 aromatic rings. The van der Waals surface area contributed by atoms with Gasteiger partial charge < -0.3 is 9.42 Å². The second-order valence-electron chi connectivity index (χ2n) is 2.13. The number of thiol groups is 1. The molecule has 0 amide bonds. The number of hydrogen-bond acceptors (Lipinski definition) is 2. The van der Waals surface area contributed by atoms with Crippen LogP contribution in [0.4, 0.5) is 0 Å². The summed E-state index contributed by atoms with van der Waals surface area (Å²) in [6.45, 7) is 0. The highest BCUT2D eigenvalue weighted by molar-refractivity contribution is 8.59. The van der Waals surface area contributed by atoms with E-state index in [0.717, 1.165) is 0 Å². The Morgan fingerprint density at radius 3 is 2.23 bits per heavy atom. The van der Waals surface area contributed by atoms with Crippen molar-refractivity contribution >= 4 is 53.0 Å². The SMILES string of the molecule is OP(=S)(S)Oc1c(Cl)cccc1Cl. The van der Waals surface area contributed by atoms with Crippen molar-refractivity contribution in [3.8, 4) is 5.75 Å². The van der Waals surface area contributed by atoms with Crippen LogP contribution >= 0.6 is 41.1 Å². The lowest BCUT2D eigenvalue weighted by Crippen LogP contribution is -1.87. The molecule has 7 heteroatoms. The molecule has 1 N–H and O–H groups in total. The van der Waals surface area contributed by atoms with Crippen LogP contribution in [0.1, 0.15) is 0 Å². The van der Waals surface area contributed by atoms with Crippen LogP contribution in [0.15, 0.2) is 18.2 Å². The van der Waals surface area contributed by atoms with Gasteiger partial charge in [-0.05, 0) is 23.9 Å². The van der Waals surface area contributed by atoms with E-state index in [1.165, 1.54) is 0 Å². The summed E-state index contributed by atoms with van der Waals surface area (Å²) >= 11 is 19.8. The average molecular weight is 275 g/mol. The first-order valence-corrected chi connectivity index (χ1v) is 7.67. The third kappa shape index (κ3) is 3.66. The topological polar surface area (TPSA) is 29.5 Å². The molecule has 13 heavy (non-hydrogen) atoms. The van der Waals surface area contributed by atoms with E-state index in [9.17, 15) is 4.89 Å². The zero-order chi connectivity index (χ0) is 10.1. The number of para-hydroxylation sites is 1. The quantitative estimate of drug-likeness (QED) is 0.639. The lowest BCUT2D eigenvalue weighted by atomic mass is 10.3. The number of rotatable bonds is 2. The molecule has 0 aliphatic heterocycles. The molecule has 0 radical (unpaired) electrons. The number of benzene rings is 1. The molecule has 72 valence electrons. The lowest BCUT2D eigenvalue weighted by molar-refractivity contribution is 0.505. The molecular formula is C6H5Cl2O2PS2. The van der Waals surface area contributed by atoms with Crippen LogP contribution in [-0.4, -0.2) is 4.89 Å². The Hall–Kier alpha value is 0.560. The maximum Gasteiger partial charge on any atom is 0.291 e. The van der Waals surface area contributed by atoms with Crippen LogP contribution in [0, 0.1) is 0 Å². The second-order valence-corrected chi connectivity index (χ2v) is 8.03. The molecule has 0 bridgehead atoms. The van der Waals surface area contributed by atoms with Gasteiger partial charge in [0.2, 0.25) is 0 Å². The Labute approximate surface area is 96.1 Å². The third-order valence-electron chi connectivity index (χ3n) is 1.13. The number of hydrogen-bond donors (Lipinski definition) is 2. The Kier molecular flexibility index (Phi) is 3.93. The van der Waals surface area contributed by atoms with Crippen molar-refractivity contribution in [2.24, 2.45) is 0 Å². The molecule has 1 rings (SSSR count). The van der Waals surface area contributed by atoms with Crippen molar-refractivity contribution in [2.75, 3.05) is 0 Å². The number of halogens is 2. The summed E-state index contributed by atoms with van der Waals surface area (Å²) in [7, 11) is 0. The Balaban J connectivity index is 3.07. The van der Waals surface area contributed by atoms with Gasteiger partial charge in [-0.15, -0.1) is 0 Å². The van der Waals surface area contributed by atoms with E-state index in [2.05, 4.69) is 24.1 Å². The fourth-order valence-corrected chi connectivity index (χ4v) is 2.17. The Morgan fingerprint density at radius 2 is 1.85 bits per heavy atom. The maximum atomic E-state index is 9.17. The Bertz CT molecular complexity index is 345. The summed E-state index contributed by atoms with van der Waals surface area (Å²) in [4.78, 5) is 9.17. The van der Waals surface area contributed by atoms with Gasteiger partial charge in [0.25, 0.3) is 5.69 Å². The van der Waals surface area contributed by atoms with Gasteiger partial charge in [-0.25, -0.2) is 0 Å². The van der Waals surface area contributed by atoms with Crippen molar-refractivity contribution < 1.29 is 9.42 Å². The second kappa shape index (κ2) is 4.39. The maximum absolute atomic E-state index is 9.17. The van der Waals surface area contributed by atoms with Gasteiger partial charge in [0.1, 0.15) is 0 Å². The molecule has 1 aromatic carbocycles. The monoisotopic (exact) mass is 274 g/mol. The summed E-state index contributed by atoms with van der Waals surface area (Å²) in [5.41, 5.74) is -3.08. The highest BCUT2D eigenvalue weighted by Crippen LogP contribution is 2.50. The predicted molar refractivity (Wildman–Crippen MR) is 62.6 cm³/mol. The van der Waals surface area contributed by atoms with Crippen LogP contribution < -0.4 is 4.52 Å². The fraction of sp³-hybridized carbons (Fsp3) is 0. The molecule has 1 unspecified atom stereocenters. The van der Waals surface area contributed by atoms with Crippen LogP contribution in [0.2, 0.25) is 10.0 Å². The molecular weight excluding hydrogens is 270 g/mol. The third-order valence-corrected chi connectivity index (χ3v) is 2.61. The van der Waals surface area contributed by atoms with E-state index < -0.39 is 5.69 Å². The normalized spacial score (nSPS) is 15.1. The van der Waals surface area contributed by atoms with Crippen molar-refractivity contribution in [2.45, 2.75) is 0 Å². The first kappa shape index (κ1) is 11.6. The van der Waals surface area contributed by atoms with Crippen LogP contribution in [-0.2, 0) is 11.8 Å². The molecule has 0 aliphatic carbocycles. The van der Waals surface area contributed by atoms with Crippen molar-refractivity contribution in [1.82, 2.24) is 0 Å². The smallest absolute Gasteiger partial charge is 0.291 e. The minimum atomic E-state index is -3.08. The van der Waals surface area contributed by atoms with Gasteiger partial charge in [-0.1, -0.05) is 41.5 Å². The Morgan fingerprint density at radius 1 is 1.38 bits per heavy atom. The summed E-state index contributed by atoms with van der Waals surface area (Å²) < 4.78 is 4.95. The molecule has 0 aliphatic rings. The highest BCUT2D eigenvalue weighted by atomic mass is 35.5. The zero-order valence-corrected chi connectivity index (χ0v) is 10.3. The summed E-state index contributed by atoms with van der Waals surface area (Å²) in [6.07, 6.45) is 0. The summed E-state index contributed by atoms with van der Waals surface area (Å²) in [5, 5.41) is 0.592. The van der Waals surface area contributed by atoms with Gasteiger partial charge in [0.15, 0.2) is 5.75 Å². The summed E-state index contributed by atoms with van der Waals surface area (Å²) in [6, 6.07) is 4.83. The van der Waals surface area contributed by atoms with Crippen LogP contribution in [0.5, 0.6) is 5.75 Å². The summed E-state index contributed by atoms with van der Waals surface area (Å²) in [5.74, 6) is 0.173. The molecule has 1 atom stereocenters. The fourth-order valence-electron chi connectivity index (χ4n) is 0.689. The molecule has 0 fully saturated rings. The van der Waals surface area contributed by atoms with Crippen molar-refractivity contribution in [1.29, 1.82) is 0 Å². The van der Waals surface area contributed by atoms with Crippen molar-refractivity contribution in [3.05, 3.63) is 28.2 Å². The van der Waals surface area contributed by atoms with Crippen molar-refractivity contribution in [3.63, 3.8) is 0 Å². The van der Waals surface area contributed by atoms with Gasteiger partial charge >= 0.3 is 0 Å². The largest absolute Gasteiger partial charge is 0.433 e. The highest BCUT2D eigenvalue weighted by Gasteiger charge is 2.14. The van der Waals surface area contributed by atoms with Gasteiger partial charge in [-0.3, -0.25) is 0 Å². The van der Waals surface area contributed by atoms with Gasteiger partial charge in [0, 0.05) is 0 Å². The predicted octanol–water partition coefficient (Wildman–Crippen LogP) is 3.52. The average Bonchev–Trinajstić information content (AvgIpc) is 1.95. The standard InChI is InChI=1S/C6H5Cl2O2PS2/c7-4-2-1-3-5(8)6(4)10-11(9,12)13/h1-3H,(H2,9,12,13). The molecule has 0 saturated carbocycles. The van der Waals surface area contributed by atoms with E-state index in [1.54, 1.807) is 18.2 Å². The lowest BCUT2D eigenvalue weighted by Gasteiger charge is -2.12. The van der Waals surface area contributed by atoms with E-state index >= 15 is 0 Å². The van der Waals surface area contributed by atoms with E-state index in [-0.39, 0.29) is 5.75 Å². The van der Waals surface area contributed by atoms with E-state index in [1.807, 2.05) is 0 Å². The first-order chi connectivity index (χ1) is 5.90. The first-order valence-electron chi connectivity index (χ1n) is 3.09. The van der Waals surface area contributed by atoms with Gasteiger partial charge in [-0.2, -0.15) is 0 Å². The molecule has 0 spiro atoms. The zero-order valence-electron chi connectivity index (χ0n) is 6.15. The molecule has 0 aromatic heterocycles. The minimum absolute atomic E-state index is 0.173. The van der Waals surface area contributed by atoms with Crippen LogP contribution in [0.3, 0.4) is 0 Å². The molecule has 0 saturated heterocycles. The minimum Gasteiger partial charge on any atom is -0.433 e. The van der Waals surface area contributed by atoms with E-state index in [4.69, 9.17) is 27.7 Å². The molecule has 2 nitrogen and oxygen atoms in total. The van der Waals surface area contributed by atoms with E-state index in [0.29, 0.717) is 10.0 Å². The molecule has 0 heterocycles. The van der Waals surface area contributed by atoms with Gasteiger partial charge in [0.05, 0.1) is 10.0 Å². The van der Waals surface area contributed by atoms with Crippen LogP contribution in [0.25, 0.3) is 0 Å².